The number of guanidine groups is 1. The van der Waals surface area contributed by atoms with E-state index in [1.165, 1.54) is 0 Å². The van der Waals surface area contributed by atoms with Gasteiger partial charge in [-0.3, -0.25) is 19.7 Å². The molecule has 2 atom stereocenters. The number of aliphatic imine (C=N–C) groups is 1. The average molecular weight is 487 g/mol. The van der Waals surface area contributed by atoms with E-state index in [1.54, 1.807) is 12.1 Å². The van der Waals surface area contributed by atoms with Gasteiger partial charge in [0.15, 0.2) is 5.96 Å². The Balaban J connectivity index is 1.31. The maximum Gasteiger partial charge on any atom is 0.305 e. The van der Waals surface area contributed by atoms with Crippen molar-refractivity contribution in [3.05, 3.63) is 47.2 Å². The van der Waals surface area contributed by atoms with E-state index in [9.17, 15) is 14.4 Å². The van der Waals surface area contributed by atoms with Crippen LogP contribution in [0.2, 0.25) is 0 Å². The average Bonchev–Trinajstić information content (AvgIpc) is 3.26. The molecule has 0 fully saturated rings. The zero-order valence-corrected chi connectivity index (χ0v) is 20.0. The molecule has 2 aliphatic rings. The molecule has 11 heteroatoms. The van der Waals surface area contributed by atoms with Gasteiger partial charge in [0.2, 0.25) is 5.91 Å². The molecule has 2 unspecified atom stereocenters. The summed E-state index contributed by atoms with van der Waals surface area (Å²) in [7, 11) is 1.84. The predicted molar refractivity (Wildman–Crippen MR) is 130 cm³/mol. The van der Waals surface area contributed by atoms with E-state index in [0.29, 0.717) is 38.2 Å². The molecule has 2 heterocycles. The van der Waals surface area contributed by atoms with Gasteiger partial charge in [-0.2, -0.15) is 0 Å². The monoisotopic (exact) mass is 486 g/mol. The highest BCUT2D eigenvalue weighted by Crippen LogP contribution is 2.28. The normalized spacial score (nSPS) is 18.6. The lowest BCUT2D eigenvalue weighted by atomic mass is 9.92. The molecule has 2 aliphatic heterocycles. The van der Waals surface area contributed by atoms with Crippen LogP contribution in [-0.4, -0.2) is 69.9 Å². The fraction of sp³-hybridized carbons (Fsp3) is 0.500. The number of likely N-dealkylation sites (N-methyl/N-ethyl adjacent to an activating group) is 1. The van der Waals surface area contributed by atoms with Crippen LogP contribution in [-0.2, 0) is 25.5 Å². The number of carbonyl (C=O) groups excluding carboxylic acids is 3. The third-order valence-electron chi connectivity index (χ3n) is 5.72. The number of nitrogens with zero attached hydrogens (tertiary/aromatic N) is 1. The zero-order valence-electron chi connectivity index (χ0n) is 20.0. The Morgan fingerprint density at radius 1 is 1.11 bits per heavy atom. The Bertz CT molecular complexity index is 946. The molecule has 0 radical (unpaired) electrons. The minimum atomic E-state index is -0.346. The second-order valence-corrected chi connectivity index (χ2v) is 8.30. The molecule has 3 rings (SSSR count). The van der Waals surface area contributed by atoms with Crippen molar-refractivity contribution in [2.75, 3.05) is 40.0 Å². The van der Waals surface area contributed by atoms with Crippen LogP contribution in [0.15, 0.2) is 41.0 Å². The van der Waals surface area contributed by atoms with Crippen molar-refractivity contribution in [1.29, 1.82) is 0 Å². The number of esters is 1. The van der Waals surface area contributed by atoms with E-state index in [0.717, 1.165) is 24.1 Å². The third kappa shape index (κ3) is 8.08. The summed E-state index contributed by atoms with van der Waals surface area (Å²) in [6.45, 7) is 2.30. The lowest BCUT2D eigenvalue weighted by Gasteiger charge is -2.24. The molecule has 0 aliphatic carbocycles. The molecule has 2 amide bonds. The Hall–Kier alpha value is -3.44. The van der Waals surface area contributed by atoms with Gasteiger partial charge >= 0.3 is 5.97 Å². The number of carbonyl (C=O) groups is 3. The summed E-state index contributed by atoms with van der Waals surface area (Å²) < 4.78 is 10.4. The van der Waals surface area contributed by atoms with Crippen molar-refractivity contribution in [1.82, 2.24) is 21.3 Å². The quantitative estimate of drug-likeness (QED) is 0.179. The highest BCUT2D eigenvalue weighted by atomic mass is 16.6. The molecule has 0 saturated heterocycles. The minimum absolute atomic E-state index is 0.133. The van der Waals surface area contributed by atoms with Crippen LogP contribution in [0.4, 0.5) is 0 Å². The Labute approximate surface area is 204 Å². The van der Waals surface area contributed by atoms with Crippen LogP contribution in [0.5, 0.6) is 0 Å². The standard InChI is InChI=1S/C24H34N6O5/c1-26-11-12-34-13-14-35-19(31)3-2-10-27-22(32)17-7-4-16(5-8-17)6-9-18-15-28-21-20(18)23(33)30-24(25)29-21/h4-5,7-8,15,20-21,26,28H,2-3,6,9-14H2,1H3,(H,27,32)(H3,25,29,30,33). The Morgan fingerprint density at radius 2 is 1.91 bits per heavy atom. The molecule has 35 heavy (non-hydrogen) atoms. The highest BCUT2D eigenvalue weighted by Gasteiger charge is 2.38. The fourth-order valence-corrected chi connectivity index (χ4v) is 3.83. The van der Waals surface area contributed by atoms with Crippen LogP contribution >= 0.6 is 0 Å². The second kappa shape index (κ2) is 13.4. The van der Waals surface area contributed by atoms with Gasteiger partial charge in [0.05, 0.1) is 13.2 Å². The summed E-state index contributed by atoms with van der Waals surface area (Å²) in [6, 6.07) is 7.36. The molecule has 190 valence electrons. The van der Waals surface area contributed by atoms with Gasteiger partial charge in [-0.15, -0.1) is 0 Å². The number of nitrogens with two attached hydrogens (primary N) is 1. The number of benzene rings is 1. The summed E-state index contributed by atoms with van der Waals surface area (Å²) >= 11 is 0. The van der Waals surface area contributed by atoms with Crippen LogP contribution in [0.1, 0.15) is 35.2 Å². The van der Waals surface area contributed by atoms with Crippen molar-refractivity contribution in [2.24, 2.45) is 16.6 Å². The van der Waals surface area contributed by atoms with E-state index in [-0.39, 0.29) is 48.9 Å². The summed E-state index contributed by atoms with van der Waals surface area (Å²) in [4.78, 5) is 40.5. The summed E-state index contributed by atoms with van der Waals surface area (Å²) in [6.07, 6.45) is 3.66. The molecular formula is C24H34N6O5. The van der Waals surface area contributed by atoms with E-state index < -0.39 is 0 Å². The molecule has 11 nitrogen and oxygen atoms in total. The molecule has 0 bridgehead atoms. The first-order chi connectivity index (χ1) is 17.0. The van der Waals surface area contributed by atoms with Crippen molar-refractivity contribution < 1.29 is 23.9 Å². The molecule has 0 spiro atoms. The predicted octanol–water partition coefficient (Wildman–Crippen LogP) is -0.218. The number of nitrogens with one attached hydrogen (secondary N) is 4. The second-order valence-electron chi connectivity index (χ2n) is 8.30. The van der Waals surface area contributed by atoms with Crippen LogP contribution < -0.4 is 27.0 Å². The lowest BCUT2D eigenvalue weighted by Crippen LogP contribution is -2.50. The van der Waals surface area contributed by atoms with Gasteiger partial charge in [0, 0.05) is 25.1 Å². The Kier molecular flexibility index (Phi) is 10.1. The van der Waals surface area contributed by atoms with E-state index in [2.05, 4.69) is 26.3 Å². The smallest absolute Gasteiger partial charge is 0.305 e. The van der Waals surface area contributed by atoms with Gasteiger partial charge in [-0.25, -0.2) is 4.99 Å². The highest BCUT2D eigenvalue weighted by molar-refractivity contribution is 6.01. The Morgan fingerprint density at radius 3 is 2.69 bits per heavy atom. The molecular weight excluding hydrogens is 452 g/mol. The summed E-state index contributed by atoms with van der Waals surface area (Å²) in [5.41, 5.74) is 8.20. The maximum absolute atomic E-state index is 12.4. The van der Waals surface area contributed by atoms with Gasteiger partial charge in [-0.1, -0.05) is 12.1 Å². The first-order valence-corrected chi connectivity index (χ1v) is 11.8. The zero-order chi connectivity index (χ0) is 25.0. The number of aryl methyl sites for hydroxylation is 1. The minimum Gasteiger partial charge on any atom is -0.463 e. The SMILES string of the molecule is CNCCOCCOC(=O)CCCNC(=O)c1ccc(CCC2=CNC3N=C(N)NC(=O)C23)cc1. The van der Waals surface area contributed by atoms with Crippen molar-refractivity contribution in [3.63, 3.8) is 0 Å². The number of ether oxygens (including phenoxy) is 2. The molecule has 1 aromatic carbocycles. The summed E-state index contributed by atoms with van der Waals surface area (Å²) in [5.74, 6) is -0.855. The summed E-state index contributed by atoms with van der Waals surface area (Å²) in [5, 5.41) is 11.5. The lowest BCUT2D eigenvalue weighted by molar-refractivity contribution is -0.145. The first kappa shape index (κ1) is 26.2. The van der Waals surface area contributed by atoms with E-state index in [4.69, 9.17) is 15.2 Å². The van der Waals surface area contributed by atoms with Gasteiger partial charge in [-0.05, 0) is 55.8 Å². The number of rotatable bonds is 14. The topological polar surface area (TPSA) is 156 Å². The van der Waals surface area contributed by atoms with Crippen molar-refractivity contribution in [3.8, 4) is 0 Å². The van der Waals surface area contributed by atoms with Crippen molar-refractivity contribution >= 4 is 23.7 Å². The van der Waals surface area contributed by atoms with E-state index in [1.807, 2.05) is 25.4 Å². The largest absolute Gasteiger partial charge is 0.463 e. The maximum atomic E-state index is 12.4. The van der Waals surface area contributed by atoms with Gasteiger partial charge < -0.3 is 31.2 Å². The van der Waals surface area contributed by atoms with Crippen molar-refractivity contribution in [2.45, 2.75) is 31.8 Å². The number of amides is 2. The van der Waals surface area contributed by atoms with Crippen LogP contribution in [0.3, 0.4) is 0 Å². The number of hydrogen-bond donors (Lipinski definition) is 5. The number of fused-ring (bicyclic) bond motifs is 1. The fourth-order valence-electron chi connectivity index (χ4n) is 3.83. The van der Waals surface area contributed by atoms with Crippen LogP contribution in [0.25, 0.3) is 0 Å². The van der Waals surface area contributed by atoms with Crippen LogP contribution in [0, 0.1) is 5.92 Å². The molecule has 1 aromatic rings. The molecule has 0 aromatic heterocycles. The molecule has 0 saturated carbocycles. The van der Waals surface area contributed by atoms with Gasteiger partial charge in [0.1, 0.15) is 18.7 Å². The number of hydrogen-bond acceptors (Lipinski definition) is 9. The third-order valence-corrected chi connectivity index (χ3v) is 5.72. The van der Waals surface area contributed by atoms with E-state index >= 15 is 0 Å². The van der Waals surface area contributed by atoms with Gasteiger partial charge in [0.25, 0.3) is 5.91 Å². The first-order valence-electron chi connectivity index (χ1n) is 11.8. The molecule has 6 N–H and O–H groups in total.